The Balaban J connectivity index is 2.06. The van der Waals surface area contributed by atoms with E-state index in [0.29, 0.717) is 18.5 Å². The van der Waals surface area contributed by atoms with Crippen molar-refractivity contribution >= 4 is 5.82 Å². The van der Waals surface area contributed by atoms with Crippen LogP contribution in [0.4, 0.5) is 5.82 Å². The van der Waals surface area contributed by atoms with Crippen LogP contribution in [0.2, 0.25) is 0 Å². The van der Waals surface area contributed by atoms with Crippen LogP contribution in [0.15, 0.2) is 6.07 Å². The van der Waals surface area contributed by atoms with E-state index in [9.17, 15) is 0 Å². The van der Waals surface area contributed by atoms with E-state index >= 15 is 0 Å². The smallest absolute Gasteiger partial charge is 0.218 e. The molecule has 0 bridgehead atoms. The number of aryl methyl sites for hydroxylation is 1. The third kappa shape index (κ3) is 4.66. The first kappa shape index (κ1) is 15.1. The van der Waals surface area contributed by atoms with E-state index in [4.69, 9.17) is 4.74 Å². The van der Waals surface area contributed by atoms with Crippen molar-refractivity contribution in [3.05, 3.63) is 11.9 Å². The molecule has 1 aliphatic carbocycles. The summed E-state index contributed by atoms with van der Waals surface area (Å²) in [5, 5.41) is 3.57. The van der Waals surface area contributed by atoms with Gasteiger partial charge >= 0.3 is 0 Å². The first-order valence-corrected chi connectivity index (χ1v) is 8.09. The van der Waals surface area contributed by atoms with Crippen molar-refractivity contribution in [3.63, 3.8) is 0 Å². The summed E-state index contributed by atoms with van der Waals surface area (Å²) in [5.74, 6) is 2.53. The maximum Gasteiger partial charge on any atom is 0.218 e. The molecule has 20 heavy (non-hydrogen) atoms. The molecule has 0 aromatic carbocycles. The Hall–Kier alpha value is -1.32. The fourth-order valence-electron chi connectivity index (χ4n) is 2.62. The standard InChI is InChI=1S/C16H27N3O/c1-3-8-14-18-15(12-16(19-14)20-11-4-2)17-13-9-6-5-7-10-13/h12-13H,3-11H2,1-2H3,(H,17,18,19). The largest absolute Gasteiger partial charge is 0.478 e. The van der Waals surface area contributed by atoms with Crippen molar-refractivity contribution in [2.24, 2.45) is 0 Å². The highest BCUT2D eigenvalue weighted by Gasteiger charge is 2.14. The fraction of sp³-hybridized carbons (Fsp3) is 0.750. The number of hydrogen-bond acceptors (Lipinski definition) is 4. The van der Waals surface area contributed by atoms with Gasteiger partial charge in [0.1, 0.15) is 11.6 Å². The van der Waals surface area contributed by atoms with Crippen molar-refractivity contribution in [3.8, 4) is 5.88 Å². The third-order valence-electron chi connectivity index (χ3n) is 3.63. The monoisotopic (exact) mass is 277 g/mol. The van der Waals surface area contributed by atoms with E-state index in [1.807, 2.05) is 6.07 Å². The molecule has 0 amide bonds. The zero-order valence-electron chi connectivity index (χ0n) is 12.8. The van der Waals surface area contributed by atoms with Gasteiger partial charge in [0.15, 0.2) is 0 Å². The van der Waals surface area contributed by atoms with Gasteiger partial charge in [-0.3, -0.25) is 0 Å². The summed E-state index contributed by atoms with van der Waals surface area (Å²) in [6.45, 7) is 4.97. The van der Waals surface area contributed by atoms with E-state index < -0.39 is 0 Å². The molecule has 4 nitrogen and oxygen atoms in total. The Labute approximate surface area is 122 Å². The molecule has 0 unspecified atom stereocenters. The Morgan fingerprint density at radius 3 is 2.65 bits per heavy atom. The van der Waals surface area contributed by atoms with E-state index in [2.05, 4.69) is 29.1 Å². The second-order valence-electron chi connectivity index (χ2n) is 5.59. The fourth-order valence-corrected chi connectivity index (χ4v) is 2.62. The average Bonchev–Trinajstić information content (AvgIpc) is 2.46. The van der Waals surface area contributed by atoms with Gasteiger partial charge in [0.25, 0.3) is 0 Å². The molecule has 0 atom stereocenters. The van der Waals surface area contributed by atoms with E-state index in [0.717, 1.165) is 30.9 Å². The SMILES string of the molecule is CCCOc1cc(NC2CCCCC2)nc(CCC)n1. The molecule has 1 heterocycles. The van der Waals surface area contributed by atoms with Crippen LogP contribution in [-0.4, -0.2) is 22.6 Å². The van der Waals surface area contributed by atoms with Crippen molar-refractivity contribution in [1.82, 2.24) is 9.97 Å². The van der Waals surface area contributed by atoms with Crippen LogP contribution in [0.5, 0.6) is 5.88 Å². The summed E-state index contributed by atoms with van der Waals surface area (Å²) in [7, 11) is 0. The second kappa shape index (κ2) is 8.08. The topological polar surface area (TPSA) is 47.0 Å². The maximum absolute atomic E-state index is 5.68. The molecule has 1 aromatic rings. The lowest BCUT2D eigenvalue weighted by molar-refractivity contribution is 0.303. The Morgan fingerprint density at radius 2 is 1.95 bits per heavy atom. The number of anilines is 1. The summed E-state index contributed by atoms with van der Waals surface area (Å²) < 4.78 is 5.68. The highest BCUT2D eigenvalue weighted by Crippen LogP contribution is 2.22. The van der Waals surface area contributed by atoms with E-state index in [-0.39, 0.29) is 0 Å². The Kier molecular flexibility index (Phi) is 6.09. The molecule has 1 aromatic heterocycles. The van der Waals surface area contributed by atoms with Crippen LogP contribution in [-0.2, 0) is 6.42 Å². The number of rotatable bonds is 7. The average molecular weight is 277 g/mol. The minimum atomic E-state index is 0.562. The molecule has 1 N–H and O–H groups in total. The van der Waals surface area contributed by atoms with Crippen molar-refractivity contribution in [2.75, 3.05) is 11.9 Å². The molecule has 112 valence electrons. The zero-order chi connectivity index (χ0) is 14.2. The summed E-state index contributed by atoms with van der Waals surface area (Å²) in [6.07, 6.45) is 9.47. The lowest BCUT2D eigenvalue weighted by Crippen LogP contribution is -2.23. The molecule has 0 spiro atoms. The first-order chi connectivity index (χ1) is 9.81. The first-order valence-electron chi connectivity index (χ1n) is 8.09. The van der Waals surface area contributed by atoms with Crippen LogP contribution in [0.1, 0.15) is 64.6 Å². The molecular formula is C16H27N3O. The molecule has 4 heteroatoms. The molecule has 2 rings (SSSR count). The lowest BCUT2D eigenvalue weighted by atomic mass is 9.95. The molecule has 0 radical (unpaired) electrons. The second-order valence-corrected chi connectivity index (χ2v) is 5.59. The van der Waals surface area contributed by atoms with Gasteiger partial charge in [0.05, 0.1) is 6.61 Å². The van der Waals surface area contributed by atoms with Gasteiger partial charge in [0, 0.05) is 18.5 Å². The van der Waals surface area contributed by atoms with Gasteiger partial charge in [-0.2, -0.15) is 4.98 Å². The van der Waals surface area contributed by atoms with E-state index in [1.54, 1.807) is 0 Å². The van der Waals surface area contributed by atoms with Crippen molar-refractivity contribution in [2.45, 2.75) is 71.3 Å². The zero-order valence-corrected chi connectivity index (χ0v) is 12.8. The predicted molar refractivity (Wildman–Crippen MR) is 82.3 cm³/mol. The quantitative estimate of drug-likeness (QED) is 0.819. The number of aromatic nitrogens is 2. The summed E-state index contributed by atoms with van der Waals surface area (Å²) in [5.41, 5.74) is 0. The van der Waals surface area contributed by atoms with Gasteiger partial charge in [-0.1, -0.05) is 33.1 Å². The molecular weight excluding hydrogens is 250 g/mol. The van der Waals surface area contributed by atoms with Crippen LogP contribution in [0.3, 0.4) is 0 Å². The minimum Gasteiger partial charge on any atom is -0.478 e. The lowest BCUT2D eigenvalue weighted by Gasteiger charge is -2.23. The van der Waals surface area contributed by atoms with Crippen LogP contribution >= 0.6 is 0 Å². The predicted octanol–water partition coefficient (Wildman–Crippen LogP) is 3.96. The van der Waals surface area contributed by atoms with Crippen LogP contribution in [0, 0.1) is 0 Å². The van der Waals surface area contributed by atoms with Crippen LogP contribution < -0.4 is 10.1 Å². The third-order valence-corrected chi connectivity index (χ3v) is 3.63. The number of ether oxygens (including phenoxy) is 1. The number of nitrogens with zero attached hydrogens (tertiary/aromatic N) is 2. The summed E-state index contributed by atoms with van der Waals surface area (Å²) in [6, 6.07) is 2.51. The maximum atomic E-state index is 5.68. The van der Waals surface area contributed by atoms with Crippen molar-refractivity contribution < 1.29 is 4.74 Å². The van der Waals surface area contributed by atoms with Crippen molar-refractivity contribution in [1.29, 1.82) is 0 Å². The molecule has 1 aliphatic rings. The molecule has 1 saturated carbocycles. The Morgan fingerprint density at radius 1 is 1.15 bits per heavy atom. The highest BCUT2D eigenvalue weighted by molar-refractivity contribution is 5.39. The van der Waals surface area contributed by atoms with Gasteiger partial charge < -0.3 is 10.1 Å². The number of nitrogens with one attached hydrogen (secondary N) is 1. The normalized spacial score (nSPS) is 16.1. The molecule has 0 saturated heterocycles. The minimum absolute atomic E-state index is 0.562. The van der Waals surface area contributed by atoms with Gasteiger partial charge in [0.2, 0.25) is 5.88 Å². The van der Waals surface area contributed by atoms with Gasteiger partial charge in [-0.25, -0.2) is 4.98 Å². The summed E-state index contributed by atoms with van der Waals surface area (Å²) in [4.78, 5) is 9.10. The molecule has 0 aliphatic heterocycles. The summed E-state index contributed by atoms with van der Waals surface area (Å²) >= 11 is 0. The Bertz CT molecular complexity index is 403. The van der Waals surface area contributed by atoms with E-state index in [1.165, 1.54) is 32.1 Å². The molecule has 1 fully saturated rings. The van der Waals surface area contributed by atoms with Gasteiger partial charge in [-0.15, -0.1) is 0 Å². The highest BCUT2D eigenvalue weighted by atomic mass is 16.5. The van der Waals surface area contributed by atoms with Crippen LogP contribution in [0.25, 0.3) is 0 Å². The number of hydrogen-bond donors (Lipinski definition) is 1. The van der Waals surface area contributed by atoms with Gasteiger partial charge in [-0.05, 0) is 25.7 Å².